The Hall–Kier alpha value is -2.40. The molecule has 3 aromatic rings. The van der Waals surface area contributed by atoms with Crippen LogP contribution < -0.4 is 10.2 Å². The molecule has 1 N–H and O–H groups in total. The summed E-state index contributed by atoms with van der Waals surface area (Å²) in [5.74, 6) is 0.887. The molecule has 0 aliphatic carbocycles. The van der Waals surface area contributed by atoms with Gasteiger partial charge in [-0.2, -0.15) is 5.10 Å². The van der Waals surface area contributed by atoms with Gasteiger partial charge >= 0.3 is 0 Å². The van der Waals surface area contributed by atoms with Crippen LogP contribution in [0.2, 0.25) is 0 Å². The number of rotatable bonds is 6. The number of ether oxygens (including phenoxy) is 1. The van der Waals surface area contributed by atoms with Crippen molar-refractivity contribution in [3.63, 3.8) is 0 Å². The average molecular weight is 311 g/mol. The van der Waals surface area contributed by atoms with E-state index in [1.165, 1.54) is 0 Å². The monoisotopic (exact) mass is 311 g/mol. The summed E-state index contributed by atoms with van der Waals surface area (Å²) in [6, 6.07) is 15.9. The zero-order valence-electron chi connectivity index (χ0n) is 12.3. The average Bonchev–Trinajstić information content (AvgIpc) is 2.97. The second-order valence-electron chi connectivity index (χ2n) is 4.77. The second-order valence-corrected chi connectivity index (χ2v) is 5.80. The Labute approximate surface area is 133 Å². The Bertz CT molecular complexity index is 732. The third-order valence-electron chi connectivity index (χ3n) is 3.02. The highest BCUT2D eigenvalue weighted by atomic mass is 32.1. The van der Waals surface area contributed by atoms with Crippen LogP contribution in [0, 0.1) is 0 Å². The largest absolute Gasteiger partial charge is 0.494 e. The SMILES string of the molecule is CCCOc1ccc(/C=N\Nc2nc3ccccc3s2)cc1. The van der Waals surface area contributed by atoms with Gasteiger partial charge in [-0.1, -0.05) is 30.4 Å². The van der Waals surface area contributed by atoms with E-state index < -0.39 is 0 Å². The molecule has 3 rings (SSSR count). The van der Waals surface area contributed by atoms with Gasteiger partial charge in [0.1, 0.15) is 5.75 Å². The summed E-state index contributed by atoms with van der Waals surface area (Å²) in [6.45, 7) is 2.83. The first-order chi connectivity index (χ1) is 10.8. The Morgan fingerprint density at radius 1 is 1.18 bits per heavy atom. The maximum atomic E-state index is 5.55. The van der Waals surface area contributed by atoms with Crippen molar-refractivity contribution in [2.24, 2.45) is 5.10 Å². The van der Waals surface area contributed by atoms with Crippen LogP contribution in [0.4, 0.5) is 5.13 Å². The molecule has 0 aliphatic rings. The molecule has 0 saturated carbocycles. The molecule has 2 aromatic carbocycles. The van der Waals surface area contributed by atoms with Crippen LogP contribution in [0.15, 0.2) is 53.6 Å². The number of para-hydroxylation sites is 1. The summed E-state index contributed by atoms with van der Waals surface area (Å²) in [5.41, 5.74) is 4.98. The molecule has 1 aromatic heterocycles. The Morgan fingerprint density at radius 3 is 2.77 bits per heavy atom. The molecule has 0 atom stereocenters. The Balaban J connectivity index is 1.61. The van der Waals surface area contributed by atoms with Crippen LogP contribution in [0.5, 0.6) is 5.75 Å². The lowest BCUT2D eigenvalue weighted by Gasteiger charge is -2.03. The van der Waals surface area contributed by atoms with Gasteiger partial charge in [-0.05, 0) is 48.4 Å². The van der Waals surface area contributed by atoms with Crippen molar-refractivity contribution in [3.8, 4) is 5.75 Å². The topological polar surface area (TPSA) is 46.5 Å². The van der Waals surface area contributed by atoms with E-state index in [1.54, 1.807) is 17.6 Å². The van der Waals surface area contributed by atoms with Gasteiger partial charge in [0.05, 0.1) is 23.0 Å². The van der Waals surface area contributed by atoms with E-state index in [9.17, 15) is 0 Å². The summed E-state index contributed by atoms with van der Waals surface area (Å²) >= 11 is 1.59. The minimum absolute atomic E-state index is 0.743. The highest BCUT2D eigenvalue weighted by Gasteiger charge is 2.00. The molecule has 0 spiro atoms. The summed E-state index contributed by atoms with van der Waals surface area (Å²) in [5, 5.41) is 5.02. The number of hydrogen-bond donors (Lipinski definition) is 1. The first kappa shape index (κ1) is 14.5. The first-order valence-corrected chi connectivity index (χ1v) is 8.04. The fourth-order valence-corrected chi connectivity index (χ4v) is 2.77. The first-order valence-electron chi connectivity index (χ1n) is 7.22. The number of fused-ring (bicyclic) bond motifs is 1. The van der Waals surface area contributed by atoms with Gasteiger partial charge in [0.15, 0.2) is 0 Å². The lowest BCUT2D eigenvalue weighted by atomic mass is 10.2. The van der Waals surface area contributed by atoms with Crippen molar-refractivity contribution in [1.82, 2.24) is 4.98 Å². The quantitative estimate of drug-likeness (QED) is 0.537. The minimum atomic E-state index is 0.743. The normalized spacial score (nSPS) is 11.1. The fraction of sp³-hybridized carbons (Fsp3) is 0.176. The molecular formula is C17H17N3OS. The summed E-state index contributed by atoms with van der Waals surface area (Å²) < 4.78 is 6.70. The zero-order chi connectivity index (χ0) is 15.2. The smallest absolute Gasteiger partial charge is 0.204 e. The summed E-state index contributed by atoms with van der Waals surface area (Å²) in [6.07, 6.45) is 2.78. The van der Waals surface area contributed by atoms with Crippen molar-refractivity contribution in [2.45, 2.75) is 13.3 Å². The molecule has 0 unspecified atom stereocenters. The maximum absolute atomic E-state index is 5.55. The molecular weight excluding hydrogens is 294 g/mol. The molecule has 0 amide bonds. The molecule has 0 fully saturated rings. The number of thiazole rings is 1. The molecule has 0 aliphatic heterocycles. The lowest BCUT2D eigenvalue weighted by molar-refractivity contribution is 0.317. The standard InChI is InChI=1S/C17H17N3OS/c1-2-11-21-14-9-7-13(8-10-14)12-18-20-17-19-15-5-3-4-6-16(15)22-17/h3-10,12H,2,11H2,1H3,(H,19,20)/b18-12-. The predicted octanol–water partition coefficient (Wildman–Crippen LogP) is 4.53. The molecule has 112 valence electrons. The second kappa shape index (κ2) is 7.04. The van der Waals surface area contributed by atoms with Gasteiger partial charge < -0.3 is 4.74 Å². The number of anilines is 1. The maximum Gasteiger partial charge on any atom is 0.204 e. The van der Waals surface area contributed by atoms with Crippen LogP contribution in [-0.4, -0.2) is 17.8 Å². The molecule has 1 heterocycles. The van der Waals surface area contributed by atoms with Crippen LogP contribution in [-0.2, 0) is 0 Å². The van der Waals surface area contributed by atoms with Crippen LogP contribution in [0.25, 0.3) is 10.2 Å². The van der Waals surface area contributed by atoms with Crippen LogP contribution >= 0.6 is 11.3 Å². The van der Waals surface area contributed by atoms with Gasteiger partial charge in [-0.3, -0.25) is 5.43 Å². The molecule has 5 heteroatoms. The molecule has 0 saturated heterocycles. The number of benzene rings is 2. The zero-order valence-corrected chi connectivity index (χ0v) is 13.1. The summed E-state index contributed by atoms with van der Waals surface area (Å²) in [7, 11) is 0. The third kappa shape index (κ3) is 3.62. The third-order valence-corrected chi connectivity index (χ3v) is 3.96. The number of hydrogen-bond acceptors (Lipinski definition) is 5. The molecule has 4 nitrogen and oxygen atoms in total. The minimum Gasteiger partial charge on any atom is -0.494 e. The molecule has 0 bridgehead atoms. The summed E-state index contributed by atoms with van der Waals surface area (Å²) in [4.78, 5) is 4.47. The van der Waals surface area contributed by atoms with E-state index in [4.69, 9.17) is 4.74 Å². The number of nitrogens with zero attached hydrogens (tertiary/aromatic N) is 2. The number of aromatic nitrogens is 1. The number of nitrogens with one attached hydrogen (secondary N) is 1. The Kier molecular flexibility index (Phi) is 4.65. The predicted molar refractivity (Wildman–Crippen MR) is 93.1 cm³/mol. The van der Waals surface area contributed by atoms with E-state index in [-0.39, 0.29) is 0 Å². The highest BCUT2D eigenvalue weighted by molar-refractivity contribution is 7.22. The highest BCUT2D eigenvalue weighted by Crippen LogP contribution is 2.25. The van der Waals surface area contributed by atoms with Crippen molar-refractivity contribution < 1.29 is 4.74 Å². The van der Waals surface area contributed by atoms with Crippen molar-refractivity contribution in [3.05, 3.63) is 54.1 Å². The van der Waals surface area contributed by atoms with E-state index in [0.29, 0.717) is 0 Å². The van der Waals surface area contributed by atoms with E-state index in [2.05, 4.69) is 28.5 Å². The van der Waals surface area contributed by atoms with Gasteiger partial charge in [0.2, 0.25) is 5.13 Å². The van der Waals surface area contributed by atoms with Gasteiger partial charge in [-0.25, -0.2) is 4.98 Å². The van der Waals surface area contributed by atoms with E-state index in [0.717, 1.165) is 39.7 Å². The van der Waals surface area contributed by atoms with Crippen molar-refractivity contribution in [2.75, 3.05) is 12.0 Å². The van der Waals surface area contributed by atoms with Crippen LogP contribution in [0.3, 0.4) is 0 Å². The van der Waals surface area contributed by atoms with Gasteiger partial charge in [-0.15, -0.1) is 0 Å². The van der Waals surface area contributed by atoms with Gasteiger partial charge in [0, 0.05) is 0 Å². The fourth-order valence-electron chi connectivity index (χ4n) is 1.95. The van der Waals surface area contributed by atoms with E-state index >= 15 is 0 Å². The Morgan fingerprint density at radius 2 is 2.00 bits per heavy atom. The van der Waals surface area contributed by atoms with Crippen molar-refractivity contribution >= 4 is 32.9 Å². The van der Waals surface area contributed by atoms with E-state index in [1.807, 2.05) is 42.5 Å². The van der Waals surface area contributed by atoms with Gasteiger partial charge in [0.25, 0.3) is 0 Å². The van der Waals surface area contributed by atoms with Crippen molar-refractivity contribution in [1.29, 1.82) is 0 Å². The molecule has 0 radical (unpaired) electrons. The number of hydrazone groups is 1. The molecule has 22 heavy (non-hydrogen) atoms. The lowest BCUT2D eigenvalue weighted by Crippen LogP contribution is -1.95. The van der Waals surface area contributed by atoms with Crippen LogP contribution in [0.1, 0.15) is 18.9 Å².